The van der Waals surface area contributed by atoms with E-state index in [0.717, 1.165) is 0 Å². The lowest BCUT2D eigenvalue weighted by Gasteiger charge is -2.27. The molecule has 8 nitrogen and oxygen atoms in total. The number of carbonyl (C=O) groups is 2. The Morgan fingerprint density at radius 1 is 0.645 bits per heavy atom. The van der Waals surface area contributed by atoms with Gasteiger partial charge in [0.25, 0.3) is 0 Å². The number of hydrogen-bond acceptors (Lipinski definition) is 8. The van der Waals surface area contributed by atoms with E-state index in [2.05, 4.69) is 0 Å². The molecule has 0 spiro atoms. The van der Waals surface area contributed by atoms with Gasteiger partial charge in [-0.05, 0) is 37.1 Å². The maximum absolute atomic E-state index is 13.3. The van der Waals surface area contributed by atoms with Crippen molar-refractivity contribution in [2.45, 2.75) is 26.7 Å². The van der Waals surface area contributed by atoms with E-state index >= 15 is 0 Å². The SMILES string of the molecule is CCC(CC)(C(=O)Oc1c(OC)cccc1OC)C(=O)Oc1c(OC)cccc1OC. The molecule has 0 aliphatic heterocycles. The smallest absolute Gasteiger partial charge is 0.329 e. The third kappa shape index (κ3) is 4.68. The molecule has 0 fully saturated rings. The molecule has 0 heterocycles. The van der Waals surface area contributed by atoms with Crippen LogP contribution in [0.25, 0.3) is 0 Å². The second-order valence-electron chi connectivity index (χ2n) is 6.55. The van der Waals surface area contributed by atoms with Gasteiger partial charge in [-0.15, -0.1) is 0 Å². The standard InChI is InChI=1S/C23H28O8/c1-7-23(8-2,21(24)30-19-15(26-3)11-9-12-16(19)27-4)22(25)31-20-17(28-5)13-10-14-18(20)29-6/h9-14H,7-8H2,1-6H3. The van der Waals surface area contributed by atoms with E-state index in [1.165, 1.54) is 28.4 Å². The molecule has 0 saturated carbocycles. The Hall–Kier alpha value is -3.42. The molecule has 0 unspecified atom stereocenters. The fraction of sp³-hybridized carbons (Fsp3) is 0.391. The molecule has 0 aromatic heterocycles. The van der Waals surface area contributed by atoms with Crippen molar-refractivity contribution in [3.63, 3.8) is 0 Å². The van der Waals surface area contributed by atoms with Crippen molar-refractivity contribution in [3.8, 4) is 34.5 Å². The number of hydrogen-bond donors (Lipinski definition) is 0. The van der Waals surface area contributed by atoms with Gasteiger partial charge in [-0.1, -0.05) is 26.0 Å². The van der Waals surface area contributed by atoms with Crippen LogP contribution in [0.5, 0.6) is 34.5 Å². The first kappa shape index (κ1) is 23.9. The summed E-state index contributed by atoms with van der Waals surface area (Å²) in [6.07, 6.45) is 0.298. The van der Waals surface area contributed by atoms with E-state index in [1.807, 2.05) is 0 Å². The Labute approximate surface area is 182 Å². The van der Waals surface area contributed by atoms with Crippen LogP contribution in [-0.4, -0.2) is 40.4 Å². The third-order valence-electron chi connectivity index (χ3n) is 5.14. The quantitative estimate of drug-likeness (QED) is 0.316. The molecule has 0 bridgehead atoms. The van der Waals surface area contributed by atoms with Crippen LogP contribution in [0, 0.1) is 5.41 Å². The normalized spacial score (nSPS) is 10.8. The van der Waals surface area contributed by atoms with Crippen molar-refractivity contribution >= 4 is 11.9 Å². The average molecular weight is 432 g/mol. The number of benzene rings is 2. The molecule has 2 rings (SSSR count). The largest absolute Gasteiger partial charge is 0.493 e. The molecule has 2 aromatic rings. The van der Waals surface area contributed by atoms with Gasteiger partial charge in [0.15, 0.2) is 28.4 Å². The van der Waals surface area contributed by atoms with Crippen LogP contribution < -0.4 is 28.4 Å². The zero-order valence-electron chi connectivity index (χ0n) is 18.6. The highest BCUT2D eigenvalue weighted by atomic mass is 16.6. The van der Waals surface area contributed by atoms with Crippen molar-refractivity contribution in [1.29, 1.82) is 0 Å². The van der Waals surface area contributed by atoms with Crippen molar-refractivity contribution in [3.05, 3.63) is 36.4 Å². The first-order chi connectivity index (χ1) is 14.9. The maximum atomic E-state index is 13.3. The predicted molar refractivity (Wildman–Crippen MR) is 113 cm³/mol. The zero-order chi connectivity index (χ0) is 23.0. The highest BCUT2D eigenvalue weighted by molar-refractivity contribution is 6.02. The Balaban J connectivity index is 2.43. The van der Waals surface area contributed by atoms with Crippen molar-refractivity contribution < 1.29 is 38.0 Å². The summed E-state index contributed by atoms with van der Waals surface area (Å²) < 4.78 is 32.4. The lowest BCUT2D eigenvalue weighted by Crippen LogP contribution is -2.44. The van der Waals surface area contributed by atoms with Gasteiger partial charge in [-0.25, -0.2) is 0 Å². The molecule has 0 radical (unpaired) electrons. The second kappa shape index (κ2) is 10.6. The van der Waals surface area contributed by atoms with Gasteiger partial charge in [-0.3, -0.25) is 9.59 Å². The van der Waals surface area contributed by atoms with E-state index in [-0.39, 0.29) is 24.3 Å². The average Bonchev–Trinajstić information content (AvgIpc) is 2.80. The van der Waals surface area contributed by atoms with E-state index < -0.39 is 17.4 Å². The monoisotopic (exact) mass is 432 g/mol. The molecule has 0 saturated heterocycles. The van der Waals surface area contributed by atoms with Gasteiger partial charge in [0, 0.05) is 0 Å². The van der Waals surface area contributed by atoms with E-state index in [1.54, 1.807) is 50.2 Å². The van der Waals surface area contributed by atoms with E-state index in [9.17, 15) is 9.59 Å². The van der Waals surface area contributed by atoms with Crippen LogP contribution in [-0.2, 0) is 9.59 Å². The number of ether oxygens (including phenoxy) is 6. The summed E-state index contributed by atoms with van der Waals surface area (Å²) >= 11 is 0. The molecule has 31 heavy (non-hydrogen) atoms. The number of rotatable bonds is 10. The fourth-order valence-corrected chi connectivity index (χ4v) is 3.13. The van der Waals surface area contributed by atoms with Crippen LogP contribution in [0.4, 0.5) is 0 Å². The third-order valence-corrected chi connectivity index (χ3v) is 5.14. The molecule has 0 N–H and O–H groups in total. The van der Waals surface area contributed by atoms with Crippen LogP contribution in [0.1, 0.15) is 26.7 Å². The van der Waals surface area contributed by atoms with Gasteiger partial charge in [0.1, 0.15) is 0 Å². The van der Waals surface area contributed by atoms with Crippen LogP contribution in [0.15, 0.2) is 36.4 Å². The summed E-state index contributed by atoms with van der Waals surface area (Å²) in [4.78, 5) is 26.6. The molecule has 168 valence electrons. The summed E-state index contributed by atoms with van der Waals surface area (Å²) in [5, 5.41) is 0. The van der Waals surface area contributed by atoms with Gasteiger partial charge in [-0.2, -0.15) is 0 Å². The Morgan fingerprint density at radius 2 is 0.935 bits per heavy atom. The van der Waals surface area contributed by atoms with Gasteiger partial charge in [0.2, 0.25) is 11.5 Å². The van der Waals surface area contributed by atoms with Crippen LogP contribution >= 0.6 is 0 Å². The first-order valence-corrected chi connectivity index (χ1v) is 9.78. The number of methoxy groups -OCH3 is 4. The summed E-state index contributed by atoms with van der Waals surface area (Å²) in [6.45, 7) is 3.43. The first-order valence-electron chi connectivity index (χ1n) is 9.78. The lowest BCUT2D eigenvalue weighted by atomic mass is 9.82. The van der Waals surface area contributed by atoms with E-state index in [0.29, 0.717) is 23.0 Å². The highest BCUT2D eigenvalue weighted by Gasteiger charge is 2.47. The minimum atomic E-state index is -1.57. The minimum absolute atomic E-state index is 0.0893. The molecule has 8 heteroatoms. The lowest BCUT2D eigenvalue weighted by molar-refractivity contribution is -0.162. The zero-order valence-corrected chi connectivity index (χ0v) is 18.6. The molecule has 2 aromatic carbocycles. The van der Waals surface area contributed by atoms with Gasteiger partial charge >= 0.3 is 11.9 Å². The molecule has 0 atom stereocenters. The van der Waals surface area contributed by atoms with Crippen molar-refractivity contribution in [2.75, 3.05) is 28.4 Å². The summed E-state index contributed by atoms with van der Waals surface area (Å²) in [6, 6.07) is 9.91. The number of carbonyl (C=O) groups excluding carboxylic acids is 2. The maximum Gasteiger partial charge on any atom is 0.329 e. The van der Waals surface area contributed by atoms with Crippen LogP contribution in [0.3, 0.4) is 0 Å². The molecule has 0 aliphatic carbocycles. The van der Waals surface area contributed by atoms with Crippen molar-refractivity contribution in [2.24, 2.45) is 5.41 Å². The Kier molecular flexibility index (Phi) is 8.13. The second-order valence-corrected chi connectivity index (χ2v) is 6.55. The Bertz CT molecular complexity index is 802. The van der Waals surface area contributed by atoms with E-state index in [4.69, 9.17) is 28.4 Å². The Morgan fingerprint density at radius 3 is 1.16 bits per heavy atom. The summed E-state index contributed by atoms with van der Waals surface area (Å²) in [5.41, 5.74) is -1.57. The van der Waals surface area contributed by atoms with Gasteiger partial charge < -0.3 is 28.4 Å². The molecular formula is C23H28O8. The number of esters is 2. The summed E-state index contributed by atoms with van der Waals surface area (Å²) in [5.74, 6) is -0.180. The minimum Gasteiger partial charge on any atom is -0.493 e. The molecule has 0 aliphatic rings. The summed E-state index contributed by atoms with van der Waals surface area (Å²) in [7, 11) is 5.78. The topological polar surface area (TPSA) is 89.5 Å². The van der Waals surface area contributed by atoms with Crippen molar-refractivity contribution in [1.82, 2.24) is 0 Å². The highest BCUT2D eigenvalue weighted by Crippen LogP contribution is 2.42. The fourth-order valence-electron chi connectivity index (χ4n) is 3.13. The molecular weight excluding hydrogens is 404 g/mol. The molecule has 0 amide bonds. The van der Waals surface area contributed by atoms with Gasteiger partial charge in [0.05, 0.1) is 28.4 Å². The van der Waals surface area contributed by atoms with Crippen LogP contribution in [0.2, 0.25) is 0 Å². The number of para-hydroxylation sites is 2. The predicted octanol–water partition coefficient (Wildman–Crippen LogP) is 4.04.